The molecular formula is C34H40Cl2N4. The highest BCUT2D eigenvalue weighted by molar-refractivity contribution is 6.31. The molecule has 0 amide bonds. The number of pyridine rings is 2. The van der Waals surface area contributed by atoms with Crippen LogP contribution >= 0.6 is 23.2 Å². The first-order chi connectivity index (χ1) is 19.5. The fraction of sp³-hybridized carbons (Fsp3) is 0.471. The smallest absolute Gasteiger partial charge is 0.0741 e. The number of unbranched alkanes of at least 4 members (excludes halogenated alkanes) is 3. The summed E-state index contributed by atoms with van der Waals surface area (Å²) in [5.41, 5.74) is 9.94. The molecule has 2 aliphatic rings. The van der Waals surface area contributed by atoms with Gasteiger partial charge in [-0.15, -0.1) is 0 Å². The van der Waals surface area contributed by atoms with Gasteiger partial charge >= 0.3 is 0 Å². The summed E-state index contributed by atoms with van der Waals surface area (Å²) in [6, 6.07) is 12.2. The third-order valence-corrected chi connectivity index (χ3v) is 9.30. The number of rotatable bonds is 9. The van der Waals surface area contributed by atoms with Crippen LogP contribution in [0.15, 0.2) is 36.4 Å². The van der Waals surface area contributed by atoms with Gasteiger partial charge in [0.2, 0.25) is 0 Å². The summed E-state index contributed by atoms with van der Waals surface area (Å²) in [6.45, 7) is 6.63. The lowest BCUT2D eigenvalue weighted by molar-refractivity contribution is 0.494. The van der Waals surface area contributed by atoms with Crippen molar-refractivity contribution in [3.05, 3.63) is 69.0 Å². The van der Waals surface area contributed by atoms with Crippen LogP contribution in [-0.2, 0) is 25.7 Å². The number of anilines is 2. The Kier molecular flexibility index (Phi) is 8.37. The number of hydrogen-bond donors (Lipinski definition) is 2. The van der Waals surface area contributed by atoms with E-state index in [1.54, 1.807) is 0 Å². The van der Waals surface area contributed by atoms with Gasteiger partial charge in [-0.25, -0.2) is 0 Å². The average Bonchev–Trinajstić information content (AvgIpc) is 2.92. The van der Waals surface area contributed by atoms with Crippen LogP contribution in [0.3, 0.4) is 0 Å². The average molecular weight is 576 g/mol. The van der Waals surface area contributed by atoms with Crippen LogP contribution in [0.4, 0.5) is 11.4 Å². The largest absolute Gasteiger partial charge is 0.384 e. The highest BCUT2D eigenvalue weighted by atomic mass is 35.5. The van der Waals surface area contributed by atoms with Gasteiger partial charge in [0.25, 0.3) is 0 Å². The van der Waals surface area contributed by atoms with Gasteiger partial charge in [-0.05, 0) is 111 Å². The van der Waals surface area contributed by atoms with Crippen molar-refractivity contribution in [3.63, 3.8) is 0 Å². The van der Waals surface area contributed by atoms with Crippen molar-refractivity contribution in [1.82, 2.24) is 9.97 Å². The molecule has 2 aromatic carbocycles. The lowest BCUT2D eigenvalue weighted by Crippen LogP contribution is -2.17. The second kappa shape index (κ2) is 12.1. The molecule has 0 saturated carbocycles. The first-order valence-electron chi connectivity index (χ1n) is 15.2. The van der Waals surface area contributed by atoms with Gasteiger partial charge in [0.15, 0.2) is 0 Å². The zero-order valence-corrected chi connectivity index (χ0v) is 25.3. The Labute approximate surface area is 248 Å². The second-order valence-corrected chi connectivity index (χ2v) is 13.0. The predicted octanol–water partition coefficient (Wildman–Crippen LogP) is 9.42. The van der Waals surface area contributed by atoms with Crippen LogP contribution in [0.5, 0.6) is 0 Å². The van der Waals surface area contributed by atoms with E-state index in [0.717, 1.165) is 72.7 Å². The van der Waals surface area contributed by atoms with E-state index >= 15 is 0 Å². The molecular weight excluding hydrogens is 535 g/mol. The maximum Gasteiger partial charge on any atom is 0.0741 e. The normalized spacial score (nSPS) is 18.5. The molecule has 210 valence electrons. The molecule has 0 spiro atoms. The molecule has 4 nitrogen and oxygen atoms in total. The van der Waals surface area contributed by atoms with Crippen molar-refractivity contribution < 1.29 is 0 Å². The summed E-state index contributed by atoms with van der Waals surface area (Å²) < 4.78 is 0. The molecule has 6 rings (SSSR count). The lowest BCUT2D eigenvalue weighted by Gasteiger charge is -2.25. The van der Waals surface area contributed by atoms with Gasteiger partial charge in [-0.1, -0.05) is 49.9 Å². The molecule has 0 radical (unpaired) electrons. The SMILES string of the molecule is CC1CCc2c(nc3cc(Cl)ccc3c2NCCCCCCNc2c3c(nc4cc(Cl)ccc24)CC(C)CC3)C1. The summed E-state index contributed by atoms with van der Waals surface area (Å²) in [5, 5.41) is 11.5. The molecule has 2 atom stereocenters. The Hall–Kier alpha value is -2.56. The molecule has 2 aliphatic carbocycles. The zero-order chi connectivity index (χ0) is 27.6. The van der Waals surface area contributed by atoms with Crippen molar-refractivity contribution in [1.29, 1.82) is 0 Å². The Bertz CT molecular complexity index is 1420. The zero-order valence-electron chi connectivity index (χ0n) is 23.8. The summed E-state index contributed by atoms with van der Waals surface area (Å²) >= 11 is 12.6. The molecule has 0 fully saturated rings. The van der Waals surface area contributed by atoms with E-state index in [1.165, 1.54) is 70.3 Å². The Balaban J connectivity index is 1.05. The van der Waals surface area contributed by atoms with Gasteiger partial charge in [-0.3, -0.25) is 9.97 Å². The first kappa shape index (κ1) is 27.6. The van der Waals surface area contributed by atoms with Crippen LogP contribution in [0.2, 0.25) is 10.0 Å². The number of hydrogen-bond acceptors (Lipinski definition) is 4. The van der Waals surface area contributed by atoms with E-state index in [1.807, 2.05) is 24.3 Å². The Morgan fingerprint density at radius 2 is 1.12 bits per heavy atom. The van der Waals surface area contributed by atoms with Crippen LogP contribution in [0, 0.1) is 11.8 Å². The van der Waals surface area contributed by atoms with E-state index in [0.29, 0.717) is 11.8 Å². The van der Waals surface area contributed by atoms with E-state index in [2.05, 4.69) is 36.6 Å². The van der Waals surface area contributed by atoms with Gasteiger partial charge in [-0.2, -0.15) is 0 Å². The molecule has 0 bridgehead atoms. The van der Waals surface area contributed by atoms with Crippen molar-refractivity contribution in [3.8, 4) is 0 Å². The summed E-state index contributed by atoms with van der Waals surface area (Å²) in [7, 11) is 0. The minimum Gasteiger partial charge on any atom is -0.384 e. The van der Waals surface area contributed by atoms with E-state index in [-0.39, 0.29) is 0 Å². The second-order valence-electron chi connectivity index (χ2n) is 12.1. The Morgan fingerprint density at radius 1 is 0.675 bits per heavy atom. The first-order valence-corrected chi connectivity index (χ1v) is 15.9. The standard InChI is InChI=1S/C34H40Cl2N4/c1-21-7-11-25-29(17-21)39-31-19-23(35)9-13-27(31)33(25)37-15-5-3-4-6-16-38-34-26-12-8-22(2)18-30(26)40-32-20-24(36)10-14-28(32)34/h9-10,13-14,19-22H,3-8,11-12,15-18H2,1-2H3,(H,37,39)(H,38,40). The number of aromatic nitrogens is 2. The van der Waals surface area contributed by atoms with Crippen molar-refractivity contribution in [2.24, 2.45) is 11.8 Å². The van der Waals surface area contributed by atoms with Crippen LogP contribution in [-0.4, -0.2) is 23.1 Å². The maximum atomic E-state index is 6.31. The predicted molar refractivity (Wildman–Crippen MR) is 171 cm³/mol. The third-order valence-electron chi connectivity index (χ3n) is 8.83. The van der Waals surface area contributed by atoms with E-state index < -0.39 is 0 Å². The van der Waals surface area contributed by atoms with Crippen molar-refractivity contribution >= 4 is 56.4 Å². The topological polar surface area (TPSA) is 49.8 Å². The lowest BCUT2D eigenvalue weighted by atomic mass is 9.86. The molecule has 2 heterocycles. The summed E-state index contributed by atoms with van der Waals surface area (Å²) in [5.74, 6) is 1.38. The van der Waals surface area contributed by atoms with Crippen LogP contribution < -0.4 is 10.6 Å². The van der Waals surface area contributed by atoms with Crippen LogP contribution in [0.1, 0.15) is 74.9 Å². The third kappa shape index (κ3) is 5.90. The number of fused-ring (bicyclic) bond motifs is 4. The summed E-state index contributed by atoms with van der Waals surface area (Å²) in [4.78, 5) is 10.0. The van der Waals surface area contributed by atoms with Crippen LogP contribution in [0.25, 0.3) is 21.8 Å². The number of nitrogens with one attached hydrogen (secondary N) is 2. The monoisotopic (exact) mass is 574 g/mol. The molecule has 2 N–H and O–H groups in total. The maximum absolute atomic E-state index is 6.31. The Morgan fingerprint density at radius 3 is 1.57 bits per heavy atom. The number of halogens is 2. The van der Waals surface area contributed by atoms with E-state index in [9.17, 15) is 0 Å². The molecule has 4 aromatic rings. The van der Waals surface area contributed by atoms with Crippen molar-refractivity contribution in [2.45, 2.75) is 78.1 Å². The van der Waals surface area contributed by atoms with Gasteiger partial charge in [0.05, 0.1) is 11.0 Å². The van der Waals surface area contributed by atoms with E-state index in [4.69, 9.17) is 33.2 Å². The molecule has 2 unspecified atom stereocenters. The minimum absolute atomic E-state index is 0.690. The number of benzene rings is 2. The molecule has 6 heteroatoms. The fourth-order valence-electron chi connectivity index (χ4n) is 6.61. The molecule has 40 heavy (non-hydrogen) atoms. The van der Waals surface area contributed by atoms with Gasteiger partial charge < -0.3 is 10.6 Å². The fourth-order valence-corrected chi connectivity index (χ4v) is 6.95. The highest BCUT2D eigenvalue weighted by Crippen LogP contribution is 2.37. The summed E-state index contributed by atoms with van der Waals surface area (Å²) in [6.07, 6.45) is 11.5. The van der Waals surface area contributed by atoms with Crippen molar-refractivity contribution in [2.75, 3.05) is 23.7 Å². The quantitative estimate of drug-likeness (QED) is 0.195. The molecule has 0 saturated heterocycles. The molecule has 2 aromatic heterocycles. The minimum atomic E-state index is 0.690. The number of nitrogens with zero attached hydrogens (tertiary/aromatic N) is 2. The highest BCUT2D eigenvalue weighted by Gasteiger charge is 2.23. The van der Waals surface area contributed by atoms with Gasteiger partial charge in [0.1, 0.15) is 0 Å². The molecule has 0 aliphatic heterocycles. The van der Waals surface area contributed by atoms with Gasteiger partial charge in [0, 0.05) is 56.7 Å².